The first-order chi connectivity index (χ1) is 22.7. The van der Waals surface area contributed by atoms with Crippen LogP contribution < -0.4 is 20.1 Å². The zero-order chi connectivity index (χ0) is 33.1. The Hall–Kier alpha value is -4.22. The van der Waals surface area contributed by atoms with E-state index in [0.29, 0.717) is 72.1 Å². The summed E-state index contributed by atoms with van der Waals surface area (Å²) in [7, 11) is 3.19. The minimum atomic E-state index is -0.855. The quantitative estimate of drug-likeness (QED) is 0.186. The number of benzene rings is 2. The Bertz CT molecular complexity index is 1820. The van der Waals surface area contributed by atoms with Crippen LogP contribution in [-0.4, -0.2) is 71.7 Å². The second-order valence-electron chi connectivity index (χ2n) is 11.7. The summed E-state index contributed by atoms with van der Waals surface area (Å²) in [6.45, 7) is 2.31. The van der Waals surface area contributed by atoms with Crippen LogP contribution in [0, 0.1) is 0 Å². The number of aliphatic carboxylic acids is 1. The van der Waals surface area contributed by atoms with Crippen molar-refractivity contribution in [3.05, 3.63) is 81.5 Å². The molecule has 10 nitrogen and oxygen atoms in total. The van der Waals surface area contributed by atoms with Crippen LogP contribution in [0.2, 0.25) is 10.0 Å². The molecule has 1 saturated heterocycles. The Balaban J connectivity index is 1.27. The van der Waals surface area contributed by atoms with Gasteiger partial charge in [0.1, 0.15) is 5.75 Å². The first-order valence-electron chi connectivity index (χ1n) is 15.4. The molecule has 1 atom stereocenters. The molecule has 2 aliphatic rings. The van der Waals surface area contributed by atoms with Crippen molar-refractivity contribution >= 4 is 35.1 Å². The van der Waals surface area contributed by atoms with E-state index < -0.39 is 5.97 Å². The molecular formula is C35H35Cl2N5O5. The third-order valence-electron chi connectivity index (χ3n) is 8.61. The number of nitrogens with zero attached hydrogens (tertiary/aromatic N) is 3. The minimum Gasteiger partial charge on any atom is -0.496 e. The SMILES string of the molecule is COc1cc(-c2nccc(-c3cccc(-c4ccc(CNC[C@H]5CCC(=O)N5)c(OC)n4)c3Cl)c2Cl)cc2c1CN(CC(=O)O)CC2. The molecule has 3 N–H and O–H groups in total. The van der Waals surface area contributed by atoms with Gasteiger partial charge in [0.25, 0.3) is 0 Å². The lowest BCUT2D eigenvalue weighted by Crippen LogP contribution is -2.35. The van der Waals surface area contributed by atoms with E-state index in [0.717, 1.165) is 45.4 Å². The number of aromatic nitrogens is 2. The van der Waals surface area contributed by atoms with Gasteiger partial charge < -0.3 is 25.2 Å². The zero-order valence-corrected chi connectivity index (χ0v) is 27.6. The smallest absolute Gasteiger partial charge is 0.317 e. The number of amides is 1. The fourth-order valence-corrected chi connectivity index (χ4v) is 6.91. The number of methoxy groups -OCH3 is 2. The largest absolute Gasteiger partial charge is 0.496 e. The van der Waals surface area contributed by atoms with Crippen molar-refractivity contribution in [1.82, 2.24) is 25.5 Å². The first kappa shape index (κ1) is 32.7. The molecule has 1 amide bonds. The van der Waals surface area contributed by atoms with Crippen molar-refractivity contribution in [2.75, 3.05) is 33.9 Å². The van der Waals surface area contributed by atoms with E-state index in [-0.39, 0.29) is 18.5 Å². The van der Waals surface area contributed by atoms with Crippen LogP contribution in [0.4, 0.5) is 0 Å². The highest BCUT2D eigenvalue weighted by molar-refractivity contribution is 6.39. The number of hydrogen-bond donors (Lipinski definition) is 3. The first-order valence-corrected chi connectivity index (χ1v) is 16.1. The molecule has 1 fully saturated rings. The highest BCUT2D eigenvalue weighted by Gasteiger charge is 2.25. The summed E-state index contributed by atoms with van der Waals surface area (Å²) in [5.41, 5.74) is 7.17. The molecular weight excluding hydrogens is 641 g/mol. The highest BCUT2D eigenvalue weighted by Crippen LogP contribution is 2.43. The zero-order valence-electron chi connectivity index (χ0n) is 26.1. The molecule has 2 aliphatic heterocycles. The Kier molecular flexibility index (Phi) is 9.93. The Morgan fingerprint density at radius 1 is 1.06 bits per heavy atom. The lowest BCUT2D eigenvalue weighted by atomic mass is 9.94. The molecule has 2 aromatic carbocycles. The van der Waals surface area contributed by atoms with E-state index in [2.05, 4.69) is 21.7 Å². The van der Waals surface area contributed by atoms with Gasteiger partial charge in [-0.25, -0.2) is 4.98 Å². The molecule has 6 rings (SSSR count). The Morgan fingerprint density at radius 3 is 2.62 bits per heavy atom. The summed E-state index contributed by atoms with van der Waals surface area (Å²) in [6.07, 6.45) is 3.79. The summed E-state index contributed by atoms with van der Waals surface area (Å²) in [5, 5.41) is 16.5. The number of ether oxygens (including phenoxy) is 2. The molecule has 12 heteroatoms. The van der Waals surface area contributed by atoms with Gasteiger partial charge in [-0.1, -0.05) is 47.5 Å². The maximum atomic E-state index is 11.5. The number of pyridine rings is 2. The van der Waals surface area contributed by atoms with Crippen LogP contribution in [0.3, 0.4) is 0 Å². The van der Waals surface area contributed by atoms with Crippen molar-refractivity contribution in [3.63, 3.8) is 0 Å². The minimum absolute atomic E-state index is 0.0222. The summed E-state index contributed by atoms with van der Waals surface area (Å²) < 4.78 is 11.4. The van der Waals surface area contributed by atoms with E-state index in [1.807, 2.05) is 47.4 Å². The fourth-order valence-electron chi connectivity index (χ4n) is 6.26. The van der Waals surface area contributed by atoms with Gasteiger partial charge in [-0.15, -0.1) is 0 Å². The Labute approximate surface area is 283 Å². The standard InChI is InChI=1S/C35H35Cl2N5O5/c1-46-29-15-22(14-20-11-13-42(18-27(20)29)19-31(44)45)34-33(37)25(10-12-39-34)24-4-3-5-26(32(24)36)28-8-6-21(35(41-28)47-2)16-38-17-23-7-9-30(43)40-23/h3-6,8,10,12,14-15,23,38H,7,9,11,13,16-19H2,1-2H3,(H,40,43)(H,44,45)/t23-/m1/s1. The van der Waals surface area contributed by atoms with Gasteiger partial charge in [-0.2, -0.15) is 0 Å². The van der Waals surface area contributed by atoms with Crippen molar-refractivity contribution in [2.24, 2.45) is 0 Å². The number of carbonyl (C=O) groups excluding carboxylic acids is 1. The van der Waals surface area contributed by atoms with Gasteiger partial charge >= 0.3 is 5.97 Å². The van der Waals surface area contributed by atoms with E-state index in [4.69, 9.17) is 37.7 Å². The number of carboxylic acid groups (broad SMARTS) is 1. The van der Waals surface area contributed by atoms with Gasteiger partial charge in [-0.3, -0.25) is 19.5 Å². The van der Waals surface area contributed by atoms with Gasteiger partial charge in [-0.05, 0) is 42.7 Å². The number of carbonyl (C=O) groups is 2. The topological polar surface area (TPSA) is 126 Å². The van der Waals surface area contributed by atoms with Crippen LogP contribution >= 0.6 is 23.2 Å². The molecule has 0 aliphatic carbocycles. The number of carboxylic acids is 1. The number of fused-ring (bicyclic) bond motifs is 1. The second-order valence-corrected chi connectivity index (χ2v) is 12.4. The monoisotopic (exact) mass is 675 g/mol. The average Bonchev–Trinajstić information content (AvgIpc) is 3.49. The summed E-state index contributed by atoms with van der Waals surface area (Å²) in [6, 6.07) is 15.5. The van der Waals surface area contributed by atoms with Crippen molar-refractivity contribution in [3.8, 4) is 45.3 Å². The van der Waals surface area contributed by atoms with Gasteiger partial charge in [0, 0.05) is 78.2 Å². The predicted molar refractivity (Wildman–Crippen MR) is 181 cm³/mol. The van der Waals surface area contributed by atoms with E-state index in [9.17, 15) is 14.7 Å². The lowest BCUT2D eigenvalue weighted by Gasteiger charge is -2.29. The summed E-state index contributed by atoms with van der Waals surface area (Å²) >= 11 is 14.1. The van der Waals surface area contributed by atoms with E-state index in [1.54, 1.807) is 20.4 Å². The van der Waals surface area contributed by atoms with Crippen LogP contribution in [0.5, 0.6) is 11.6 Å². The Morgan fingerprint density at radius 2 is 1.87 bits per heavy atom. The van der Waals surface area contributed by atoms with Crippen LogP contribution in [0.1, 0.15) is 29.5 Å². The third-order valence-corrected chi connectivity index (χ3v) is 9.40. The van der Waals surface area contributed by atoms with E-state index >= 15 is 0 Å². The number of halogens is 2. The van der Waals surface area contributed by atoms with Gasteiger partial charge in [0.2, 0.25) is 11.8 Å². The molecule has 4 heterocycles. The van der Waals surface area contributed by atoms with Crippen molar-refractivity contribution in [2.45, 2.75) is 38.4 Å². The third kappa shape index (κ3) is 7.06. The number of nitrogens with one attached hydrogen (secondary N) is 2. The summed E-state index contributed by atoms with van der Waals surface area (Å²) in [5.74, 6) is 0.394. The van der Waals surface area contributed by atoms with Gasteiger partial charge in [0.05, 0.1) is 42.2 Å². The molecule has 47 heavy (non-hydrogen) atoms. The normalized spacial score (nSPS) is 16.1. The molecule has 0 unspecified atom stereocenters. The summed E-state index contributed by atoms with van der Waals surface area (Å²) in [4.78, 5) is 34.1. The van der Waals surface area contributed by atoms with Crippen molar-refractivity contribution in [1.29, 1.82) is 0 Å². The van der Waals surface area contributed by atoms with Crippen LogP contribution in [0.15, 0.2) is 54.7 Å². The van der Waals surface area contributed by atoms with Crippen LogP contribution in [-0.2, 0) is 29.1 Å². The van der Waals surface area contributed by atoms with Crippen LogP contribution in [0.25, 0.3) is 33.6 Å². The van der Waals surface area contributed by atoms with Gasteiger partial charge in [0.15, 0.2) is 0 Å². The average molecular weight is 677 g/mol. The maximum absolute atomic E-state index is 11.5. The number of hydrogen-bond acceptors (Lipinski definition) is 8. The maximum Gasteiger partial charge on any atom is 0.317 e. The predicted octanol–water partition coefficient (Wildman–Crippen LogP) is 5.61. The number of rotatable bonds is 11. The molecule has 0 radical (unpaired) electrons. The lowest BCUT2D eigenvalue weighted by molar-refractivity contribution is -0.138. The molecule has 0 saturated carbocycles. The van der Waals surface area contributed by atoms with E-state index in [1.165, 1.54) is 0 Å². The molecule has 4 aromatic rings. The molecule has 0 spiro atoms. The highest BCUT2D eigenvalue weighted by atomic mass is 35.5. The second kappa shape index (κ2) is 14.3. The molecule has 2 aromatic heterocycles. The van der Waals surface area contributed by atoms with Crippen molar-refractivity contribution < 1.29 is 24.2 Å². The fraction of sp³-hybridized carbons (Fsp3) is 0.314. The molecule has 0 bridgehead atoms. The molecule has 244 valence electrons.